The molecule has 1 aromatic heterocycles. The largest absolute Gasteiger partial charge is 0.493 e. The lowest BCUT2D eigenvalue weighted by Crippen LogP contribution is -2.20. The quantitative estimate of drug-likeness (QED) is 0.303. The van der Waals surface area contributed by atoms with Crippen molar-refractivity contribution in [1.82, 2.24) is 5.32 Å². The summed E-state index contributed by atoms with van der Waals surface area (Å²) < 4.78 is 11.8. The predicted molar refractivity (Wildman–Crippen MR) is 139 cm³/mol. The maximum atomic E-state index is 12.7. The van der Waals surface area contributed by atoms with Crippen molar-refractivity contribution in [2.45, 2.75) is 41.2 Å². The van der Waals surface area contributed by atoms with Gasteiger partial charge in [-0.1, -0.05) is 53.6 Å². The van der Waals surface area contributed by atoms with Crippen molar-refractivity contribution in [3.05, 3.63) is 94.8 Å². The summed E-state index contributed by atoms with van der Waals surface area (Å²) >= 11 is 0. The van der Waals surface area contributed by atoms with Gasteiger partial charge in [-0.25, -0.2) is 0 Å². The first-order valence-corrected chi connectivity index (χ1v) is 11.6. The van der Waals surface area contributed by atoms with Crippen LogP contribution in [0.2, 0.25) is 0 Å². The van der Waals surface area contributed by atoms with E-state index in [1.54, 1.807) is 12.3 Å². The van der Waals surface area contributed by atoms with E-state index >= 15 is 0 Å². The van der Waals surface area contributed by atoms with E-state index in [0.29, 0.717) is 18.9 Å². The van der Waals surface area contributed by atoms with Crippen LogP contribution in [-0.2, 0) is 11.3 Å². The molecule has 34 heavy (non-hydrogen) atoms. The van der Waals surface area contributed by atoms with Crippen LogP contribution in [0.1, 0.15) is 41.7 Å². The summed E-state index contributed by atoms with van der Waals surface area (Å²) in [6.45, 7) is 11.1. The Hall–Kier alpha value is -3.79. The number of hydrogen-bond acceptors (Lipinski definition) is 3. The number of allylic oxidation sites excluding steroid dienone is 1. The fraction of sp³-hybridized carbons (Fsp3) is 0.233. The standard InChI is InChI=1S/C30H31NO3/c1-6-33-28-16-29-26(27(18-34-29)24-12-9-20(3)13-21(24)4)15-25(28)22(5)14-30(32)31-17-23-10-7-19(2)8-11-23/h7-16,18H,6,17H2,1-5H3,(H,31,32)/b22-14+. The Morgan fingerprint density at radius 2 is 1.71 bits per heavy atom. The van der Waals surface area contributed by atoms with E-state index in [-0.39, 0.29) is 5.91 Å². The van der Waals surface area contributed by atoms with Crippen molar-refractivity contribution in [2.75, 3.05) is 6.61 Å². The van der Waals surface area contributed by atoms with Gasteiger partial charge in [-0.05, 0) is 62.9 Å². The first-order valence-electron chi connectivity index (χ1n) is 11.6. The highest BCUT2D eigenvalue weighted by atomic mass is 16.5. The van der Waals surface area contributed by atoms with Crippen LogP contribution in [0.4, 0.5) is 0 Å². The smallest absolute Gasteiger partial charge is 0.244 e. The van der Waals surface area contributed by atoms with Gasteiger partial charge in [-0.2, -0.15) is 0 Å². The van der Waals surface area contributed by atoms with Crippen molar-refractivity contribution in [1.29, 1.82) is 0 Å². The van der Waals surface area contributed by atoms with Crippen LogP contribution < -0.4 is 10.1 Å². The fourth-order valence-electron chi connectivity index (χ4n) is 4.18. The lowest BCUT2D eigenvalue weighted by atomic mass is 9.96. The van der Waals surface area contributed by atoms with E-state index in [1.165, 1.54) is 16.7 Å². The zero-order chi connectivity index (χ0) is 24.2. The van der Waals surface area contributed by atoms with Crippen LogP contribution in [0.3, 0.4) is 0 Å². The summed E-state index contributed by atoms with van der Waals surface area (Å²) in [7, 11) is 0. The minimum atomic E-state index is -0.137. The first-order chi connectivity index (χ1) is 16.4. The molecule has 4 aromatic rings. The molecular weight excluding hydrogens is 422 g/mol. The number of nitrogens with one attached hydrogen (secondary N) is 1. The van der Waals surface area contributed by atoms with E-state index in [1.807, 2.05) is 51.1 Å². The second-order valence-electron chi connectivity index (χ2n) is 8.78. The minimum Gasteiger partial charge on any atom is -0.493 e. The van der Waals surface area contributed by atoms with Crippen LogP contribution in [0, 0.1) is 20.8 Å². The molecule has 0 spiro atoms. The Kier molecular flexibility index (Phi) is 6.87. The van der Waals surface area contributed by atoms with E-state index < -0.39 is 0 Å². The number of carbonyl (C=O) groups is 1. The van der Waals surface area contributed by atoms with E-state index in [9.17, 15) is 4.79 Å². The molecule has 0 saturated carbocycles. The molecular formula is C30H31NO3. The summed E-state index contributed by atoms with van der Waals surface area (Å²) in [5.41, 5.74) is 9.34. The second-order valence-corrected chi connectivity index (χ2v) is 8.78. The van der Waals surface area contributed by atoms with Gasteiger partial charge in [0.25, 0.3) is 0 Å². The Labute approximate surface area is 201 Å². The minimum absolute atomic E-state index is 0.137. The SMILES string of the molecule is CCOc1cc2occ(-c3ccc(C)cc3C)c2cc1/C(C)=C/C(=O)NCc1ccc(C)cc1. The molecule has 4 heteroatoms. The fourth-order valence-corrected chi connectivity index (χ4v) is 4.18. The molecule has 0 aliphatic rings. The van der Waals surface area contributed by atoms with Gasteiger partial charge in [0.05, 0.1) is 12.9 Å². The molecule has 1 amide bonds. The summed E-state index contributed by atoms with van der Waals surface area (Å²) in [5.74, 6) is 0.569. The molecule has 4 rings (SSSR count). The van der Waals surface area contributed by atoms with Crippen LogP contribution >= 0.6 is 0 Å². The van der Waals surface area contributed by atoms with Gasteiger partial charge in [0.1, 0.15) is 11.3 Å². The van der Waals surface area contributed by atoms with Crippen LogP contribution in [0.5, 0.6) is 5.75 Å². The third-order valence-electron chi connectivity index (χ3n) is 6.01. The molecule has 0 aliphatic carbocycles. The molecule has 1 heterocycles. The average molecular weight is 454 g/mol. The summed E-state index contributed by atoms with van der Waals surface area (Å²) in [6.07, 6.45) is 3.43. The summed E-state index contributed by atoms with van der Waals surface area (Å²) in [5, 5.41) is 3.98. The van der Waals surface area contributed by atoms with Crippen molar-refractivity contribution >= 4 is 22.4 Å². The molecule has 3 aromatic carbocycles. The molecule has 0 atom stereocenters. The molecule has 0 bridgehead atoms. The van der Waals surface area contributed by atoms with E-state index in [2.05, 4.69) is 43.4 Å². The number of benzene rings is 3. The summed E-state index contributed by atoms with van der Waals surface area (Å²) in [4.78, 5) is 12.7. The maximum Gasteiger partial charge on any atom is 0.244 e. The second kappa shape index (κ2) is 10.0. The van der Waals surface area contributed by atoms with Gasteiger partial charge in [0.15, 0.2) is 0 Å². The monoisotopic (exact) mass is 453 g/mol. The molecule has 174 valence electrons. The molecule has 0 aliphatic heterocycles. The van der Waals surface area contributed by atoms with E-state index in [4.69, 9.17) is 9.15 Å². The van der Waals surface area contributed by atoms with Crippen molar-refractivity contribution < 1.29 is 13.9 Å². The van der Waals surface area contributed by atoms with Crippen molar-refractivity contribution in [3.63, 3.8) is 0 Å². The van der Waals surface area contributed by atoms with Gasteiger partial charge in [0, 0.05) is 35.2 Å². The van der Waals surface area contributed by atoms with Gasteiger partial charge in [0.2, 0.25) is 5.91 Å². The Morgan fingerprint density at radius 3 is 2.41 bits per heavy atom. The molecule has 0 fully saturated rings. The zero-order valence-electron chi connectivity index (χ0n) is 20.5. The normalized spacial score (nSPS) is 11.6. The number of ether oxygens (including phenoxy) is 1. The maximum absolute atomic E-state index is 12.7. The number of furan rings is 1. The number of carbonyl (C=O) groups excluding carboxylic acids is 1. The Morgan fingerprint density at radius 1 is 0.971 bits per heavy atom. The zero-order valence-corrected chi connectivity index (χ0v) is 20.5. The van der Waals surface area contributed by atoms with Gasteiger partial charge >= 0.3 is 0 Å². The van der Waals surface area contributed by atoms with Crippen LogP contribution in [0.15, 0.2) is 71.4 Å². The van der Waals surface area contributed by atoms with Gasteiger partial charge < -0.3 is 14.5 Å². The number of hydrogen-bond donors (Lipinski definition) is 1. The first kappa shape index (κ1) is 23.4. The third-order valence-corrected chi connectivity index (χ3v) is 6.01. The Balaban J connectivity index is 1.67. The number of amides is 1. The van der Waals surface area contributed by atoms with Crippen molar-refractivity contribution in [3.8, 4) is 16.9 Å². The van der Waals surface area contributed by atoms with E-state index in [0.717, 1.165) is 38.8 Å². The average Bonchev–Trinajstić information content (AvgIpc) is 3.21. The molecule has 0 radical (unpaired) electrons. The van der Waals surface area contributed by atoms with Gasteiger partial charge in [-0.3, -0.25) is 4.79 Å². The topological polar surface area (TPSA) is 51.5 Å². The van der Waals surface area contributed by atoms with Gasteiger partial charge in [-0.15, -0.1) is 0 Å². The van der Waals surface area contributed by atoms with Crippen LogP contribution in [-0.4, -0.2) is 12.5 Å². The summed E-state index contributed by atoms with van der Waals surface area (Å²) in [6, 6.07) is 18.6. The highest BCUT2D eigenvalue weighted by Gasteiger charge is 2.16. The molecule has 4 nitrogen and oxygen atoms in total. The number of aryl methyl sites for hydroxylation is 3. The van der Waals surface area contributed by atoms with Crippen molar-refractivity contribution in [2.24, 2.45) is 0 Å². The highest BCUT2D eigenvalue weighted by molar-refractivity contribution is 6.00. The van der Waals surface area contributed by atoms with Crippen LogP contribution in [0.25, 0.3) is 27.7 Å². The molecule has 1 N–H and O–H groups in total. The number of fused-ring (bicyclic) bond motifs is 1. The number of rotatable bonds is 7. The Bertz CT molecular complexity index is 1360. The highest BCUT2D eigenvalue weighted by Crippen LogP contribution is 2.38. The lowest BCUT2D eigenvalue weighted by molar-refractivity contribution is -0.116. The molecule has 0 saturated heterocycles. The third kappa shape index (κ3) is 5.07. The molecule has 0 unspecified atom stereocenters. The predicted octanol–water partition coefficient (Wildman–Crippen LogP) is 7.14. The lowest BCUT2D eigenvalue weighted by Gasteiger charge is -2.12.